The van der Waals surface area contributed by atoms with Gasteiger partial charge < -0.3 is 20.3 Å². The van der Waals surface area contributed by atoms with E-state index >= 15 is 0 Å². The molecule has 0 atom stereocenters. The van der Waals surface area contributed by atoms with Crippen LogP contribution in [0.3, 0.4) is 0 Å². The number of methoxy groups -OCH3 is 1. The minimum Gasteiger partial charge on any atom is -0.494 e. The van der Waals surface area contributed by atoms with Crippen molar-refractivity contribution in [2.24, 2.45) is 7.05 Å². The first-order chi connectivity index (χ1) is 16.3. The van der Waals surface area contributed by atoms with Crippen molar-refractivity contribution in [2.75, 3.05) is 36.7 Å². The molecule has 0 bridgehead atoms. The van der Waals surface area contributed by atoms with Gasteiger partial charge in [0.1, 0.15) is 11.6 Å². The molecule has 2 heterocycles. The Labute approximate surface area is 196 Å². The number of para-hydroxylation sites is 2. The maximum atomic E-state index is 12.9. The number of aryl methyl sites for hydroxylation is 1. The molecule has 34 heavy (non-hydrogen) atoms. The average Bonchev–Trinajstić information content (AvgIpc) is 3.09. The number of carbonyl (C=O) groups excluding carboxylic acids is 1. The van der Waals surface area contributed by atoms with Gasteiger partial charge in [0.2, 0.25) is 11.9 Å². The van der Waals surface area contributed by atoms with E-state index in [1.165, 1.54) is 10.6 Å². The molecule has 0 aliphatic carbocycles. The summed E-state index contributed by atoms with van der Waals surface area (Å²) >= 11 is 0. The van der Waals surface area contributed by atoms with Gasteiger partial charge in [-0.15, -0.1) is 0 Å². The van der Waals surface area contributed by atoms with Crippen molar-refractivity contribution in [3.05, 3.63) is 71.8 Å². The number of nitrogens with one attached hydrogen (secondary N) is 2. The highest BCUT2D eigenvalue weighted by molar-refractivity contribution is 6.02. The Morgan fingerprint density at radius 1 is 1.15 bits per heavy atom. The van der Waals surface area contributed by atoms with Crippen LogP contribution in [0, 0.1) is 0 Å². The van der Waals surface area contributed by atoms with Gasteiger partial charge in [0.05, 0.1) is 35.2 Å². The van der Waals surface area contributed by atoms with Crippen LogP contribution < -0.4 is 26.0 Å². The van der Waals surface area contributed by atoms with E-state index in [2.05, 4.69) is 27.2 Å². The number of rotatable bonds is 7. The summed E-state index contributed by atoms with van der Waals surface area (Å²) in [6, 6.07) is 12.7. The molecule has 0 fully saturated rings. The number of amides is 1. The summed E-state index contributed by atoms with van der Waals surface area (Å²) in [7, 11) is 6.99. The van der Waals surface area contributed by atoms with Gasteiger partial charge in [-0.2, -0.15) is 4.98 Å². The Balaban J connectivity index is 1.78. The van der Waals surface area contributed by atoms with Gasteiger partial charge in [0.15, 0.2) is 0 Å². The zero-order chi connectivity index (χ0) is 24.4. The summed E-state index contributed by atoms with van der Waals surface area (Å²) < 4.78 is 8.66. The zero-order valence-corrected chi connectivity index (χ0v) is 19.4. The minimum absolute atomic E-state index is 0.215. The maximum Gasteiger partial charge on any atom is 0.334 e. The first-order valence-corrected chi connectivity index (χ1v) is 10.4. The van der Waals surface area contributed by atoms with Crippen LogP contribution in [0.15, 0.2) is 66.1 Å². The SMILES string of the molecule is C=CC(=O)Nc1cc(Nc2nccc(-n3c(=O)n(C)c4ccccc43)n2)c(OC)cc1N(C)C. The largest absolute Gasteiger partial charge is 0.494 e. The van der Waals surface area contributed by atoms with Crippen LogP contribution in [0.5, 0.6) is 5.75 Å². The molecule has 0 spiro atoms. The number of hydrogen-bond acceptors (Lipinski definition) is 7. The first-order valence-electron chi connectivity index (χ1n) is 10.4. The van der Waals surface area contributed by atoms with Gasteiger partial charge in [-0.25, -0.2) is 14.3 Å². The number of hydrogen-bond donors (Lipinski definition) is 2. The standard InChI is InChI=1S/C24H25N7O3/c1-6-22(32)26-15-13-16(20(34-5)14-19(15)29(2)3)27-23-25-12-11-21(28-23)31-18-10-8-7-9-17(18)30(4)24(31)33/h6-14H,1H2,2-5H3,(H,26,32)(H,25,27,28). The molecule has 0 saturated carbocycles. The summed E-state index contributed by atoms with van der Waals surface area (Å²) in [6.45, 7) is 3.51. The van der Waals surface area contributed by atoms with Gasteiger partial charge in [-0.05, 0) is 24.3 Å². The highest BCUT2D eigenvalue weighted by Crippen LogP contribution is 2.37. The summed E-state index contributed by atoms with van der Waals surface area (Å²) in [5.74, 6) is 0.863. The zero-order valence-electron chi connectivity index (χ0n) is 19.4. The summed E-state index contributed by atoms with van der Waals surface area (Å²) in [5.41, 5.74) is 3.16. The molecule has 2 aromatic carbocycles. The van der Waals surface area contributed by atoms with Gasteiger partial charge in [-0.1, -0.05) is 18.7 Å². The minimum atomic E-state index is -0.340. The fraction of sp³-hybridized carbons (Fsp3) is 0.167. The molecule has 0 aliphatic rings. The molecule has 0 unspecified atom stereocenters. The van der Waals surface area contributed by atoms with E-state index < -0.39 is 0 Å². The summed E-state index contributed by atoms with van der Waals surface area (Å²) in [6.07, 6.45) is 2.77. The number of anilines is 4. The fourth-order valence-electron chi connectivity index (χ4n) is 3.66. The molecule has 10 heteroatoms. The van der Waals surface area contributed by atoms with E-state index in [1.807, 2.05) is 43.3 Å². The Kier molecular flexibility index (Phi) is 6.05. The number of aromatic nitrogens is 4. The summed E-state index contributed by atoms with van der Waals surface area (Å²) in [4.78, 5) is 35.6. The molecular weight excluding hydrogens is 434 g/mol. The lowest BCUT2D eigenvalue weighted by Crippen LogP contribution is -2.22. The molecule has 1 amide bonds. The van der Waals surface area contributed by atoms with Crippen molar-refractivity contribution in [1.29, 1.82) is 0 Å². The maximum absolute atomic E-state index is 12.9. The van der Waals surface area contributed by atoms with Gasteiger partial charge in [0.25, 0.3) is 0 Å². The molecule has 2 aromatic heterocycles. The van der Waals surface area contributed by atoms with Gasteiger partial charge in [-0.3, -0.25) is 9.36 Å². The smallest absolute Gasteiger partial charge is 0.334 e. The van der Waals surface area contributed by atoms with Crippen molar-refractivity contribution < 1.29 is 9.53 Å². The Hall–Kier alpha value is -4.60. The van der Waals surface area contributed by atoms with Crippen molar-refractivity contribution in [2.45, 2.75) is 0 Å². The fourth-order valence-corrected chi connectivity index (χ4v) is 3.66. The second-order valence-corrected chi connectivity index (χ2v) is 7.69. The van der Waals surface area contributed by atoms with Crippen LogP contribution in [-0.2, 0) is 11.8 Å². The van der Waals surface area contributed by atoms with Gasteiger partial charge >= 0.3 is 5.69 Å². The molecule has 2 N–H and O–H groups in total. The van der Waals surface area contributed by atoms with Crippen LogP contribution in [0.1, 0.15) is 0 Å². The van der Waals surface area contributed by atoms with Crippen molar-refractivity contribution in [1.82, 2.24) is 19.1 Å². The molecule has 0 saturated heterocycles. The van der Waals surface area contributed by atoms with Crippen LogP contribution in [0.4, 0.5) is 23.0 Å². The molecular formula is C24H25N7O3. The Bertz CT molecular complexity index is 1450. The normalized spacial score (nSPS) is 10.7. The number of fused-ring (bicyclic) bond motifs is 1. The first kappa shape index (κ1) is 22.6. The third kappa shape index (κ3) is 4.08. The molecule has 4 aromatic rings. The van der Waals surface area contributed by atoms with Crippen LogP contribution in [-0.4, -0.2) is 46.2 Å². The highest BCUT2D eigenvalue weighted by atomic mass is 16.5. The van der Waals surface area contributed by atoms with Crippen molar-refractivity contribution in [3.8, 4) is 11.6 Å². The van der Waals surface area contributed by atoms with Gasteiger partial charge in [0, 0.05) is 39.5 Å². The number of ether oxygens (including phenoxy) is 1. The van der Waals surface area contributed by atoms with Crippen molar-refractivity contribution in [3.63, 3.8) is 0 Å². The highest BCUT2D eigenvalue weighted by Gasteiger charge is 2.16. The topological polar surface area (TPSA) is 106 Å². The second-order valence-electron chi connectivity index (χ2n) is 7.69. The molecule has 0 radical (unpaired) electrons. The van der Waals surface area contributed by atoms with Crippen LogP contribution in [0.25, 0.3) is 16.9 Å². The summed E-state index contributed by atoms with van der Waals surface area (Å²) in [5, 5.41) is 5.94. The van der Waals surface area contributed by atoms with Crippen LogP contribution >= 0.6 is 0 Å². The molecule has 10 nitrogen and oxygen atoms in total. The predicted octanol–water partition coefficient (Wildman–Crippen LogP) is 3.06. The van der Waals surface area contributed by atoms with E-state index in [1.54, 1.807) is 43.1 Å². The molecule has 4 rings (SSSR count). The third-order valence-corrected chi connectivity index (χ3v) is 5.32. The lowest BCUT2D eigenvalue weighted by molar-refractivity contribution is -0.111. The number of carbonyl (C=O) groups is 1. The average molecular weight is 460 g/mol. The third-order valence-electron chi connectivity index (χ3n) is 5.32. The quantitative estimate of drug-likeness (QED) is 0.409. The Morgan fingerprint density at radius 2 is 1.88 bits per heavy atom. The van der Waals surface area contributed by atoms with E-state index in [9.17, 15) is 9.59 Å². The number of benzene rings is 2. The van der Waals surface area contributed by atoms with E-state index in [-0.39, 0.29) is 17.5 Å². The lowest BCUT2D eigenvalue weighted by atomic mass is 10.2. The number of nitrogens with zero attached hydrogens (tertiary/aromatic N) is 5. The van der Waals surface area contributed by atoms with Crippen molar-refractivity contribution >= 4 is 40.0 Å². The predicted molar refractivity (Wildman–Crippen MR) is 134 cm³/mol. The molecule has 174 valence electrons. The monoisotopic (exact) mass is 459 g/mol. The Morgan fingerprint density at radius 3 is 2.56 bits per heavy atom. The lowest BCUT2D eigenvalue weighted by Gasteiger charge is -2.21. The second kappa shape index (κ2) is 9.10. The van der Waals surface area contributed by atoms with E-state index in [4.69, 9.17) is 4.74 Å². The number of imidazole rings is 1. The van der Waals surface area contributed by atoms with Crippen LogP contribution in [0.2, 0.25) is 0 Å². The molecule has 0 aliphatic heterocycles. The van der Waals surface area contributed by atoms with E-state index in [0.717, 1.165) is 16.7 Å². The van der Waals surface area contributed by atoms with E-state index in [0.29, 0.717) is 22.9 Å².